The number of carbonyl (C=O) groups is 1. The maximum absolute atomic E-state index is 12.0. The maximum atomic E-state index is 12.0. The SMILES string of the molecule is COc1ccc(Cc2nccc(CCC3C=CC=CC3=O)n2)cc1OCCCN1CCCC1. The molecule has 1 aromatic heterocycles. The molecule has 1 atom stereocenters. The Morgan fingerprint density at radius 1 is 1.12 bits per heavy atom. The highest BCUT2D eigenvalue weighted by atomic mass is 16.5. The second-order valence-corrected chi connectivity index (χ2v) is 8.67. The molecule has 4 rings (SSSR count). The summed E-state index contributed by atoms with van der Waals surface area (Å²) in [6.07, 6.45) is 14.9. The molecule has 33 heavy (non-hydrogen) atoms. The van der Waals surface area contributed by atoms with Crippen LogP contribution in [0.25, 0.3) is 0 Å². The number of nitrogens with zero attached hydrogens (tertiary/aromatic N) is 3. The van der Waals surface area contributed by atoms with Gasteiger partial charge in [0.25, 0.3) is 0 Å². The first kappa shape index (κ1) is 23.2. The molecule has 0 radical (unpaired) electrons. The van der Waals surface area contributed by atoms with Crippen LogP contribution in [0, 0.1) is 5.92 Å². The highest BCUT2D eigenvalue weighted by molar-refractivity contribution is 5.94. The summed E-state index contributed by atoms with van der Waals surface area (Å²) in [6.45, 7) is 4.18. The molecule has 0 bridgehead atoms. The minimum Gasteiger partial charge on any atom is -0.493 e. The van der Waals surface area contributed by atoms with Gasteiger partial charge in [0.15, 0.2) is 17.3 Å². The molecular weight excluding hydrogens is 414 g/mol. The summed E-state index contributed by atoms with van der Waals surface area (Å²) in [6, 6.07) is 7.94. The average molecular weight is 448 g/mol. The first-order valence-electron chi connectivity index (χ1n) is 11.9. The molecule has 2 aromatic rings. The molecule has 174 valence electrons. The van der Waals surface area contributed by atoms with Gasteiger partial charge in [0.1, 0.15) is 5.82 Å². The van der Waals surface area contributed by atoms with Crippen molar-refractivity contribution in [3.8, 4) is 11.5 Å². The lowest BCUT2D eigenvalue weighted by atomic mass is 9.94. The summed E-state index contributed by atoms with van der Waals surface area (Å²) < 4.78 is 11.6. The summed E-state index contributed by atoms with van der Waals surface area (Å²) >= 11 is 0. The van der Waals surface area contributed by atoms with Gasteiger partial charge < -0.3 is 14.4 Å². The monoisotopic (exact) mass is 447 g/mol. The molecule has 1 aliphatic carbocycles. The average Bonchev–Trinajstić information content (AvgIpc) is 3.35. The molecule has 6 heteroatoms. The normalized spacial score (nSPS) is 18.1. The Bertz CT molecular complexity index is 996. The van der Waals surface area contributed by atoms with E-state index in [1.54, 1.807) is 25.5 Å². The predicted molar refractivity (Wildman–Crippen MR) is 129 cm³/mol. The Balaban J connectivity index is 1.33. The topological polar surface area (TPSA) is 64.5 Å². The molecule has 1 saturated heterocycles. The van der Waals surface area contributed by atoms with Crippen molar-refractivity contribution in [2.75, 3.05) is 33.4 Å². The van der Waals surface area contributed by atoms with Gasteiger partial charge >= 0.3 is 0 Å². The number of hydrogen-bond donors (Lipinski definition) is 0. The van der Waals surface area contributed by atoms with E-state index in [9.17, 15) is 4.79 Å². The van der Waals surface area contributed by atoms with Gasteiger partial charge in [-0.25, -0.2) is 9.97 Å². The van der Waals surface area contributed by atoms with E-state index in [0.717, 1.165) is 54.4 Å². The van der Waals surface area contributed by atoms with E-state index in [1.165, 1.54) is 25.9 Å². The largest absolute Gasteiger partial charge is 0.493 e. The molecule has 2 aliphatic rings. The van der Waals surface area contributed by atoms with Crippen LogP contribution in [0.5, 0.6) is 11.5 Å². The van der Waals surface area contributed by atoms with Crippen LogP contribution < -0.4 is 9.47 Å². The van der Waals surface area contributed by atoms with E-state index in [2.05, 4.69) is 9.88 Å². The summed E-state index contributed by atoms with van der Waals surface area (Å²) in [7, 11) is 1.67. The fourth-order valence-electron chi connectivity index (χ4n) is 4.38. The molecule has 6 nitrogen and oxygen atoms in total. The highest BCUT2D eigenvalue weighted by Gasteiger charge is 2.15. The molecule has 0 saturated carbocycles. The molecule has 1 aliphatic heterocycles. The van der Waals surface area contributed by atoms with Gasteiger partial charge in [0, 0.05) is 30.8 Å². The van der Waals surface area contributed by atoms with Crippen LogP contribution in [0.4, 0.5) is 0 Å². The van der Waals surface area contributed by atoms with Crippen molar-refractivity contribution in [1.29, 1.82) is 0 Å². The zero-order valence-electron chi connectivity index (χ0n) is 19.4. The summed E-state index contributed by atoms with van der Waals surface area (Å²) in [4.78, 5) is 23.7. The van der Waals surface area contributed by atoms with Crippen molar-refractivity contribution >= 4 is 5.78 Å². The van der Waals surface area contributed by atoms with Crippen molar-refractivity contribution < 1.29 is 14.3 Å². The van der Waals surface area contributed by atoms with Crippen molar-refractivity contribution in [2.24, 2.45) is 5.92 Å². The third kappa shape index (κ3) is 6.75. The number of ketones is 1. The zero-order chi connectivity index (χ0) is 22.9. The van der Waals surface area contributed by atoms with Crippen LogP contribution in [0.3, 0.4) is 0 Å². The first-order chi connectivity index (χ1) is 16.2. The molecule has 1 unspecified atom stereocenters. The van der Waals surface area contributed by atoms with Gasteiger partial charge in [-0.05, 0) is 75.0 Å². The lowest BCUT2D eigenvalue weighted by Crippen LogP contribution is -2.21. The minimum absolute atomic E-state index is 0.0554. The second-order valence-electron chi connectivity index (χ2n) is 8.67. The van der Waals surface area contributed by atoms with E-state index in [0.29, 0.717) is 13.0 Å². The Morgan fingerprint density at radius 2 is 2.00 bits per heavy atom. The van der Waals surface area contributed by atoms with E-state index >= 15 is 0 Å². The van der Waals surface area contributed by atoms with Crippen LogP contribution in [0.2, 0.25) is 0 Å². The number of rotatable bonds is 11. The highest BCUT2D eigenvalue weighted by Crippen LogP contribution is 2.29. The van der Waals surface area contributed by atoms with E-state index < -0.39 is 0 Å². The number of hydrogen-bond acceptors (Lipinski definition) is 6. The van der Waals surface area contributed by atoms with Gasteiger partial charge in [-0.2, -0.15) is 0 Å². The number of methoxy groups -OCH3 is 1. The second kappa shape index (κ2) is 11.8. The predicted octanol–water partition coefficient (Wildman–Crippen LogP) is 4.18. The Hall–Kier alpha value is -2.99. The number of likely N-dealkylation sites (tertiary alicyclic amines) is 1. The summed E-state index contributed by atoms with van der Waals surface area (Å²) in [5, 5.41) is 0. The van der Waals surface area contributed by atoms with E-state index in [4.69, 9.17) is 14.5 Å². The zero-order valence-corrected chi connectivity index (χ0v) is 19.4. The van der Waals surface area contributed by atoms with Gasteiger partial charge in [0.2, 0.25) is 0 Å². The third-order valence-corrected chi connectivity index (χ3v) is 6.22. The van der Waals surface area contributed by atoms with Gasteiger partial charge in [-0.15, -0.1) is 0 Å². The van der Waals surface area contributed by atoms with Gasteiger partial charge in [0.05, 0.1) is 13.7 Å². The minimum atomic E-state index is -0.0554. The van der Waals surface area contributed by atoms with Crippen LogP contribution in [0.15, 0.2) is 54.8 Å². The van der Waals surface area contributed by atoms with Crippen molar-refractivity contribution in [1.82, 2.24) is 14.9 Å². The summed E-state index contributed by atoms with van der Waals surface area (Å²) in [5.74, 6) is 2.39. The first-order valence-corrected chi connectivity index (χ1v) is 11.9. The lowest BCUT2D eigenvalue weighted by molar-refractivity contribution is -0.117. The molecular formula is C27H33N3O3. The molecule has 0 amide bonds. The van der Waals surface area contributed by atoms with Crippen molar-refractivity contribution in [2.45, 2.75) is 38.5 Å². The number of carbonyl (C=O) groups excluding carboxylic acids is 1. The van der Waals surface area contributed by atoms with Crippen LogP contribution in [-0.2, 0) is 17.6 Å². The number of allylic oxidation sites excluding steroid dienone is 4. The Morgan fingerprint density at radius 3 is 2.82 bits per heavy atom. The Kier molecular flexibility index (Phi) is 8.25. The number of ether oxygens (including phenoxy) is 2. The van der Waals surface area contributed by atoms with Crippen LogP contribution in [0.1, 0.15) is 42.8 Å². The third-order valence-electron chi connectivity index (χ3n) is 6.22. The molecule has 0 spiro atoms. The Labute approximate surface area is 196 Å². The van der Waals surface area contributed by atoms with Crippen LogP contribution in [-0.4, -0.2) is 54.0 Å². The van der Waals surface area contributed by atoms with Crippen molar-refractivity contribution in [3.63, 3.8) is 0 Å². The molecule has 2 heterocycles. The fourth-order valence-corrected chi connectivity index (χ4v) is 4.38. The number of aryl methyl sites for hydroxylation is 1. The molecule has 1 fully saturated rings. The molecule has 1 aromatic carbocycles. The van der Waals surface area contributed by atoms with Crippen molar-refractivity contribution in [3.05, 3.63) is 71.8 Å². The number of aromatic nitrogens is 2. The molecule has 0 N–H and O–H groups in total. The van der Waals surface area contributed by atoms with Gasteiger partial charge in [-0.1, -0.05) is 24.3 Å². The quantitative estimate of drug-likeness (QED) is 0.482. The maximum Gasteiger partial charge on any atom is 0.162 e. The smallest absolute Gasteiger partial charge is 0.162 e. The fraction of sp³-hybridized carbons (Fsp3) is 0.444. The standard InChI is InChI=1S/C27H33N3O3/c1-32-25-12-9-21(19-26(25)33-18-6-17-30-15-4-5-16-30)20-27-28-14-13-23(29-27)11-10-22-7-2-3-8-24(22)31/h2-3,7-9,12-14,19,22H,4-6,10-11,15-18,20H2,1H3. The van der Waals surface area contributed by atoms with E-state index in [-0.39, 0.29) is 11.7 Å². The lowest BCUT2D eigenvalue weighted by Gasteiger charge is -2.16. The van der Waals surface area contributed by atoms with E-state index in [1.807, 2.05) is 36.4 Å². The summed E-state index contributed by atoms with van der Waals surface area (Å²) in [5.41, 5.74) is 2.04. The van der Waals surface area contributed by atoms with Crippen LogP contribution >= 0.6 is 0 Å². The van der Waals surface area contributed by atoms with Gasteiger partial charge in [-0.3, -0.25) is 4.79 Å². The number of benzene rings is 1.